The van der Waals surface area contributed by atoms with Crippen LogP contribution in [0.2, 0.25) is 0 Å². The molecule has 0 aliphatic rings. The number of carbonyl (C=O) groups excluding carboxylic acids is 2. The number of rotatable bonds is 8. The Morgan fingerprint density at radius 3 is 2.16 bits per heavy atom. The lowest BCUT2D eigenvalue weighted by atomic mass is 10.0. The number of amides is 1. The van der Waals surface area contributed by atoms with Gasteiger partial charge in [-0.05, 0) is 17.4 Å². The number of alkyl carbamates (subject to hydrolysis) is 1. The van der Waals surface area contributed by atoms with Gasteiger partial charge < -0.3 is 15.2 Å². The molecule has 0 saturated heterocycles. The molecule has 2 rings (SSSR count). The minimum absolute atomic E-state index is 0.115. The predicted molar refractivity (Wildman–Crippen MR) is 98.2 cm³/mol. The molecular formula is C19H21NO4S. The van der Waals surface area contributed by atoms with Gasteiger partial charge in [0, 0.05) is 6.42 Å². The van der Waals surface area contributed by atoms with Gasteiger partial charge in [-0.15, -0.1) is 11.8 Å². The van der Waals surface area contributed by atoms with E-state index < -0.39 is 23.4 Å². The Balaban J connectivity index is 1.99. The fraction of sp³-hybridized carbons (Fsp3) is 0.263. The minimum Gasteiger partial charge on any atom is -0.445 e. The Morgan fingerprint density at radius 2 is 1.60 bits per heavy atom. The Labute approximate surface area is 151 Å². The predicted octanol–water partition coefficient (Wildman–Crippen LogP) is 2.77. The molecule has 6 heteroatoms. The van der Waals surface area contributed by atoms with Gasteiger partial charge in [-0.1, -0.05) is 60.7 Å². The van der Waals surface area contributed by atoms with E-state index in [1.807, 2.05) is 60.7 Å². The quantitative estimate of drug-likeness (QED) is 0.709. The van der Waals surface area contributed by atoms with Crippen molar-refractivity contribution in [2.75, 3.05) is 6.26 Å². The Bertz CT molecular complexity index is 678. The fourth-order valence-electron chi connectivity index (χ4n) is 2.27. The average Bonchev–Trinajstić information content (AvgIpc) is 2.66. The van der Waals surface area contributed by atoms with E-state index in [4.69, 9.17) is 4.74 Å². The first-order valence-electron chi connectivity index (χ1n) is 7.86. The molecule has 2 aromatic carbocycles. The van der Waals surface area contributed by atoms with Crippen LogP contribution in [0.25, 0.3) is 0 Å². The molecule has 25 heavy (non-hydrogen) atoms. The molecular weight excluding hydrogens is 338 g/mol. The summed E-state index contributed by atoms with van der Waals surface area (Å²) < 4.78 is 5.17. The second-order valence-electron chi connectivity index (χ2n) is 5.44. The highest BCUT2D eigenvalue weighted by molar-refractivity contribution is 7.99. The summed E-state index contributed by atoms with van der Waals surface area (Å²) in [6, 6.07) is 17.7. The number of hydrogen-bond acceptors (Lipinski definition) is 5. The minimum atomic E-state index is -1.19. The van der Waals surface area contributed by atoms with Crippen LogP contribution in [-0.4, -0.2) is 34.7 Å². The standard InChI is InChI=1S/C19H21NO4S/c1-25-18(22)17(21)16(12-14-8-4-2-5-9-14)20-19(23)24-13-15-10-6-3-7-11-15/h2-11,16,18,22H,12-13H2,1H3,(H,20,23). The molecule has 0 spiro atoms. The zero-order chi connectivity index (χ0) is 18.1. The van der Waals surface area contributed by atoms with Gasteiger partial charge in [0.15, 0.2) is 11.2 Å². The van der Waals surface area contributed by atoms with Crippen LogP contribution in [-0.2, 0) is 22.6 Å². The van der Waals surface area contributed by atoms with Gasteiger partial charge in [-0.3, -0.25) is 4.79 Å². The van der Waals surface area contributed by atoms with Crippen molar-refractivity contribution in [1.82, 2.24) is 5.32 Å². The first-order chi connectivity index (χ1) is 12.1. The van der Waals surface area contributed by atoms with Gasteiger partial charge in [-0.25, -0.2) is 4.79 Å². The molecule has 5 nitrogen and oxygen atoms in total. The number of hydrogen-bond donors (Lipinski definition) is 2. The molecule has 0 aliphatic carbocycles. The third-order valence-electron chi connectivity index (χ3n) is 3.60. The number of ketones is 1. The maximum atomic E-state index is 12.3. The lowest BCUT2D eigenvalue weighted by Crippen LogP contribution is -2.46. The van der Waals surface area contributed by atoms with Crippen LogP contribution in [0.3, 0.4) is 0 Å². The first kappa shape index (κ1) is 19.0. The Morgan fingerprint density at radius 1 is 1.04 bits per heavy atom. The summed E-state index contributed by atoms with van der Waals surface area (Å²) in [6.45, 7) is 0.115. The van der Waals surface area contributed by atoms with Gasteiger partial charge in [0.2, 0.25) is 0 Å². The van der Waals surface area contributed by atoms with E-state index in [0.29, 0.717) is 0 Å². The van der Waals surface area contributed by atoms with Crippen LogP contribution in [0, 0.1) is 0 Å². The zero-order valence-corrected chi connectivity index (χ0v) is 14.7. The van der Waals surface area contributed by atoms with Crippen LogP contribution in [0.4, 0.5) is 4.79 Å². The number of benzene rings is 2. The van der Waals surface area contributed by atoms with Crippen molar-refractivity contribution in [3.05, 3.63) is 71.8 Å². The summed E-state index contributed by atoms with van der Waals surface area (Å²) >= 11 is 1.02. The molecule has 0 heterocycles. The average molecular weight is 359 g/mol. The number of Topliss-reactive ketones (excluding diaryl/α,β-unsaturated/α-hetero) is 1. The third kappa shape index (κ3) is 6.25. The molecule has 1 amide bonds. The first-order valence-corrected chi connectivity index (χ1v) is 9.14. The van der Waals surface area contributed by atoms with Crippen LogP contribution in [0.15, 0.2) is 60.7 Å². The Hall–Kier alpha value is -2.31. The smallest absolute Gasteiger partial charge is 0.408 e. The maximum Gasteiger partial charge on any atom is 0.408 e. The van der Waals surface area contributed by atoms with E-state index in [9.17, 15) is 14.7 Å². The van der Waals surface area contributed by atoms with E-state index in [2.05, 4.69) is 5.32 Å². The number of aliphatic hydroxyl groups excluding tert-OH is 1. The summed E-state index contributed by atoms with van der Waals surface area (Å²) in [4.78, 5) is 24.4. The van der Waals surface area contributed by atoms with Gasteiger partial charge in [0.05, 0.1) is 6.04 Å². The summed E-state index contributed by atoms with van der Waals surface area (Å²) in [5.41, 5.74) is 0.549. The zero-order valence-electron chi connectivity index (χ0n) is 13.9. The van der Waals surface area contributed by atoms with Crippen molar-refractivity contribution in [3.63, 3.8) is 0 Å². The van der Waals surface area contributed by atoms with Crippen LogP contribution in [0.5, 0.6) is 0 Å². The highest BCUT2D eigenvalue weighted by atomic mass is 32.2. The molecule has 2 N–H and O–H groups in total. The third-order valence-corrected chi connectivity index (χ3v) is 4.28. The van der Waals surface area contributed by atoms with Gasteiger partial charge in [0.25, 0.3) is 0 Å². The number of thioether (sulfide) groups is 1. The molecule has 2 unspecified atom stereocenters. The number of ether oxygens (including phenoxy) is 1. The van der Waals surface area contributed by atoms with Crippen molar-refractivity contribution < 1.29 is 19.4 Å². The van der Waals surface area contributed by atoms with Crippen LogP contribution in [0.1, 0.15) is 11.1 Å². The van der Waals surface area contributed by atoms with Crippen molar-refractivity contribution in [1.29, 1.82) is 0 Å². The normalized spacial score (nSPS) is 12.9. The molecule has 0 aromatic heterocycles. The molecule has 2 aromatic rings. The van der Waals surface area contributed by atoms with Gasteiger partial charge >= 0.3 is 6.09 Å². The second kappa shape index (κ2) is 9.86. The SMILES string of the molecule is CSC(O)C(=O)C(Cc1ccccc1)NC(=O)OCc1ccccc1. The van der Waals surface area contributed by atoms with E-state index in [1.54, 1.807) is 6.26 Å². The maximum absolute atomic E-state index is 12.3. The van der Waals surface area contributed by atoms with E-state index in [-0.39, 0.29) is 13.0 Å². The molecule has 0 radical (unpaired) electrons. The molecule has 132 valence electrons. The van der Waals surface area contributed by atoms with Crippen molar-refractivity contribution in [2.24, 2.45) is 0 Å². The van der Waals surface area contributed by atoms with Gasteiger partial charge in [0.1, 0.15) is 6.61 Å². The van der Waals surface area contributed by atoms with E-state index in [1.165, 1.54) is 0 Å². The molecule has 0 aliphatic heterocycles. The van der Waals surface area contributed by atoms with Crippen LogP contribution >= 0.6 is 11.8 Å². The summed E-state index contributed by atoms with van der Waals surface area (Å²) in [7, 11) is 0. The second-order valence-corrected chi connectivity index (χ2v) is 6.36. The highest BCUT2D eigenvalue weighted by Crippen LogP contribution is 2.11. The monoisotopic (exact) mass is 359 g/mol. The fourth-order valence-corrected chi connectivity index (χ4v) is 2.66. The summed E-state index contributed by atoms with van der Waals surface area (Å²) in [5.74, 6) is -0.451. The molecule has 0 bridgehead atoms. The number of carbonyl (C=O) groups is 2. The van der Waals surface area contributed by atoms with E-state index in [0.717, 1.165) is 22.9 Å². The molecule has 2 atom stereocenters. The molecule has 0 saturated carbocycles. The molecule has 0 fully saturated rings. The highest BCUT2D eigenvalue weighted by Gasteiger charge is 2.27. The van der Waals surface area contributed by atoms with Crippen molar-refractivity contribution >= 4 is 23.6 Å². The number of nitrogens with one attached hydrogen (secondary N) is 1. The van der Waals surface area contributed by atoms with Crippen molar-refractivity contribution in [2.45, 2.75) is 24.5 Å². The van der Waals surface area contributed by atoms with Crippen molar-refractivity contribution in [3.8, 4) is 0 Å². The number of aliphatic hydroxyl groups is 1. The lowest BCUT2D eigenvalue weighted by molar-refractivity contribution is -0.125. The summed E-state index contributed by atoms with van der Waals surface area (Å²) in [6.07, 6.45) is 1.24. The largest absolute Gasteiger partial charge is 0.445 e. The van der Waals surface area contributed by atoms with E-state index >= 15 is 0 Å². The van der Waals surface area contributed by atoms with Gasteiger partial charge in [-0.2, -0.15) is 0 Å². The Kier molecular flexibility index (Phi) is 7.50. The van der Waals surface area contributed by atoms with Crippen LogP contribution < -0.4 is 5.32 Å². The topological polar surface area (TPSA) is 75.6 Å². The lowest BCUT2D eigenvalue weighted by Gasteiger charge is -2.19. The summed E-state index contributed by atoms with van der Waals surface area (Å²) in [5, 5.41) is 12.4.